The minimum absolute atomic E-state index is 0.0288. The van der Waals surface area contributed by atoms with E-state index in [9.17, 15) is 4.79 Å². The van der Waals surface area contributed by atoms with Crippen molar-refractivity contribution in [3.63, 3.8) is 0 Å². The summed E-state index contributed by atoms with van der Waals surface area (Å²) in [4.78, 5) is 12.3. The molecule has 7 heteroatoms. The Morgan fingerprint density at radius 2 is 2.00 bits per heavy atom. The number of hydrogen-bond acceptors (Lipinski definition) is 4. The number of nitrogens with one attached hydrogen (secondary N) is 1. The number of amides is 1. The molecule has 2 aromatic carbocycles. The summed E-state index contributed by atoms with van der Waals surface area (Å²) in [5.74, 6) is 0.712. The van der Waals surface area contributed by atoms with Gasteiger partial charge in [0.2, 0.25) is 5.91 Å². The standard InChI is InChI=1S/C19H18ClN5O/c20-15-7-4-13(5-8-15)6-11-18(26)21-16-3-1-2-14(12-16)19-22-23-24-25(19)17-9-10-17/h1-5,7-8,12,17H,6,9-11H2,(H,21,26). The quantitative estimate of drug-likeness (QED) is 0.717. The largest absolute Gasteiger partial charge is 0.326 e. The molecule has 0 saturated heterocycles. The van der Waals surface area contributed by atoms with Crippen LogP contribution >= 0.6 is 11.6 Å². The molecule has 6 nitrogen and oxygen atoms in total. The number of aromatic nitrogens is 4. The molecule has 0 spiro atoms. The van der Waals surface area contributed by atoms with Crippen LogP contribution in [0.3, 0.4) is 0 Å². The smallest absolute Gasteiger partial charge is 0.224 e. The number of nitrogens with zero attached hydrogens (tertiary/aromatic N) is 4. The highest BCUT2D eigenvalue weighted by Crippen LogP contribution is 2.36. The molecule has 0 unspecified atom stereocenters. The molecule has 3 aromatic rings. The maximum Gasteiger partial charge on any atom is 0.224 e. The number of rotatable bonds is 6. The second kappa shape index (κ2) is 7.25. The molecule has 132 valence electrons. The maximum atomic E-state index is 12.3. The SMILES string of the molecule is O=C(CCc1ccc(Cl)cc1)Nc1cccc(-c2nnnn2C2CC2)c1. The van der Waals surface area contributed by atoms with Crippen LogP contribution in [0.25, 0.3) is 11.4 Å². The van der Waals surface area contributed by atoms with Gasteiger partial charge in [0.15, 0.2) is 5.82 Å². The number of carbonyl (C=O) groups is 1. The molecule has 1 saturated carbocycles. The predicted molar refractivity (Wildman–Crippen MR) is 99.9 cm³/mol. The molecule has 1 N–H and O–H groups in total. The van der Waals surface area contributed by atoms with Crippen LogP contribution in [0.4, 0.5) is 5.69 Å². The van der Waals surface area contributed by atoms with Crippen molar-refractivity contribution in [3.05, 3.63) is 59.1 Å². The van der Waals surface area contributed by atoms with E-state index in [1.807, 2.05) is 53.2 Å². The summed E-state index contributed by atoms with van der Waals surface area (Å²) in [6, 6.07) is 15.6. The van der Waals surface area contributed by atoms with Crippen molar-refractivity contribution in [1.82, 2.24) is 20.2 Å². The molecular formula is C19H18ClN5O. The van der Waals surface area contributed by atoms with Crippen LogP contribution in [-0.4, -0.2) is 26.1 Å². The van der Waals surface area contributed by atoms with E-state index in [0.29, 0.717) is 23.9 Å². The van der Waals surface area contributed by atoms with Gasteiger partial charge in [-0.05, 0) is 59.5 Å². The van der Waals surface area contributed by atoms with Gasteiger partial charge >= 0.3 is 0 Å². The second-order valence-corrected chi connectivity index (χ2v) is 6.87. The lowest BCUT2D eigenvalue weighted by Gasteiger charge is -2.08. The average Bonchev–Trinajstić information content (AvgIpc) is 3.38. The van der Waals surface area contributed by atoms with Crippen molar-refractivity contribution >= 4 is 23.2 Å². The third kappa shape index (κ3) is 3.91. The van der Waals surface area contributed by atoms with Gasteiger partial charge in [-0.15, -0.1) is 5.10 Å². The van der Waals surface area contributed by atoms with E-state index < -0.39 is 0 Å². The van der Waals surface area contributed by atoms with Crippen LogP contribution in [0.2, 0.25) is 5.02 Å². The minimum Gasteiger partial charge on any atom is -0.326 e. The molecule has 4 rings (SSSR count). The molecule has 1 aromatic heterocycles. The molecular weight excluding hydrogens is 350 g/mol. The maximum absolute atomic E-state index is 12.3. The van der Waals surface area contributed by atoms with E-state index in [1.165, 1.54) is 0 Å². The Bertz CT molecular complexity index is 918. The average molecular weight is 368 g/mol. The summed E-state index contributed by atoms with van der Waals surface area (Å²) in [6.45, 7) is 0. The van der Waals surface area contributed by atoms with Gasteiger partial charge in [-0.2, -0.15) is 0 Å². The van der Waals surface area contributed by atoms with Crippen molar-refractivity contribution in [2.24, 2.45) is 0 Å². The highest BCUT2D eigenvalue weighted by molar-refractivity contribution is 6.30. The summed E-state index contributed by atoms with van der Waals surface area (Å²) >= 11 is 5.88. The van der Waals surface area contributed by atoms with E-state index >= 15 is 0 Å². The molecule has 0 atom stereocenters. The van der Waals surface area contributed by atoms with Crippen molar-refractivity contribution < 1.29 is 4.79 Å². The fourth-order valence-corrected chi connectivity index (χ4v) is 2.94. The van der Waals surface area contributed by atoms with Crippen molar-refractivity contribution in [2.45, 2.75) is 31.7 Å². The lowest BCUT2D eigenvalue weighted by atomic mass is 10.1. The third-order valence-corrected chi connectivity index (χ3v) is 4.60. The first kappa shape index (κ1) is 16.7. The fourth-order valence-electron chi connectivity index (χ4n) is 2.82. The predicted octanol–water partition coefficient (Wildman–Crippen LogP) is 3.90. The Kier molecular flexibility index (Phi) is 4.67. The Morgan fingerprint density at radius 1 is 1.19 bits per heavy atom. The molecule has 1 fully saturated rings. The van der Waals surface area contributed by atoms with Crippen molar-refractivity contribution in [1.29, 1.82) is 0 Å². The number of benzene rings is 2. The third-order valence-electron chi connectivity index (χ3n) is 4.34. The lowest BCUT2D eigenvalue weighted by molar-refractivity contribution is -0.116. The molecule has 0 bridgehead atoms. The van der Waals surface area contributed by atoms with Gasteiger partial charge in [0, 0.05) is 22.7 Å². The van der Waals surface area contributed by atoms with Crippen LogP contribution in [0, 0.1) is 0 Å². The molecule has 1 amide bonds. The zero-order chi connectivity index (χ0) is 17.9. The van der Waals surface area contributed by atoms with Gasteiger partial charge in [0.25, 0.3) is 0 Å². The van der Waals surface area contributed by atoms with E-state index in [-0.39, 0.29) is 5.91 Å². The van der Waals surface area contributed by atoms with Gasteiger partial charge in [-0.25, -0.2) is 4.68 Å². The highest BCUT2D eigenvalue weighted by atomic mass is 35.5. The number of tetrazole rings is 1. The lowest BCUT2D eigenvalue weighted by Crippen LogP contribution is -2.12. The first-order valence-corrected chi connectivity index (χ1v) is 8.99. The van der Waals surface area contributed by atoms with Gasteiger partial charge in [0.1, 0.15) is 0 Å². The van der Waals surface area contributed by atoms with Crippen LogP contribution < -0.4 is 5.32 Å². The fraction of sp³-hybridized carbons (Fsp3) is 0.263. The van der Waals surface area contributed by atoms with Gasteiger partial charge in [-0.3, -0.25) is 4.79 Å². The first-order valence-electron chi connectivity index (χ1n) is 8.61. The molecule has 1 aliphatic carbocycles. The Morgan fingerprint density at radius 3 is 2.77 bits per heavy atom. The molecule has 0 aliphatic heterocycles. The van der Waals surface area contributed by atoms with Gasteiger partial charge in [0.05, 0.1) is 6.04 Å². The Hall–Kier alpha value is -2.73. The number of anilines is 1. The number of carbonyl (C=O) groups excluding carboxylic acids is 1. The molecule has 1 heterocycles. The summed E-state index contributed by atoms with van der Waals surface area (Å²) in [7, 11) is 0. The van der Waals surface area contributed by atoms with E-state index in [0.717, 1.165) is 35.5 Å². The number of aryl methyl sites for hydroxylation is 1. The zero-order valence-corrected chi connectivity index (χ0v) is 14.9. The van der Waals surface area contributed by atoms with Crippen molar-refractivity contribution in [3.8, 4) is 11.4 Å². The van der Waals surface area contributed by atoms with E-state index in [4.69, 9.17) is 11.6 Å². The number of hydrogen-bond donors (Lipinski definition) is 1. The summed E-state index contributed by atoms with van der Waals surface area (Å²) < 4.78 is 1.86. The molecule has 0 radical (unpaired) electrons. The Labute approximate surface area is 156 Å². The first-order chi connectivity index (χ1) is 12.7. The van der Waals surface area contributed by atoms with Gasteiger partial charge in [-0.1, -0.05) is 35.9 Å². The Balaban J connectivity index is 1.41. The minimum atomic E-state index is -0.0288. The molecule has 1 aliphatic rings. The van der Waals surface area contributed by atoms with Crippen LogP contribution in [0.15, 0.2) is 48.5 Å². The van der Waals surface area contributed by atoms with Gasteiger partial charge < -0.3 is 5.32 Å². The normalized spacial score (nSPS) is 13.6. The summed E-state index contributed by atoms with van der Waals surface area (Å²) in [5.41, 5.74) is 2.73. The zero-order valence-electron chi connectivity index (χ0n) is 14.1. The highest BCUT2D eigenvalue weighted by Gasteiger charge is 2.28. The summed E-state index contributed by atoms with van der Waals surface area (Å²) in [6.07, 6.45) is 3.30. The monoisotopic (exact) mass is 367 g/mol. The summed E-state index contributed by atoms with van der Waals surface area (Å²) in [5, 5.41) is 15.6. The second-order valence-electron chi connectivity index (χ2n) is 6.43. The van der Waals surface area contributed by atoms with Crippen LogP contribution in [0.1, 0.15) is 30.9 Å². The number of halogens is 1. The van der Waals surface area contributed by atoms with E-state index in [2.05, 4.69) is 20.8 Å². The topological polar surface area (TPSA) is 72.7 Å². The van der Waals surface area contributed by atoms with Crippen molar-refractivity contribution in [2.75, 3.05) is 5.32 Å². The van der Waals surface area contributed by atoms with Crippen LogP contribution in [-0.2, 0) is 11.2 Å². The molecule has 26 heavy (non-hydrogen) atoms. The van der Waals surface area contributed by atoms with Crippen LogP contribution in [0.5, 0.6) is 0 Å². The van der Waals surface area contributed by atoms with E-state index in [1.54, 1.807) is 0 Å².